The van der Waals surface area contributed by atoms with E-state index >= 15 is 0 Å². The molecule has 0 aromatic carbocycles. The fraction of sp³-hybridized carbons (Fsp3) is 0.688. The third-order valence-corrected chi connectivity index (χ3v) is 5.13. The van der Waals surface area contributed by atoms with Gasteiger partial charge in [-0.15, -0.1) is 0 Å². The molecule has 1 unspecified atom stereocenters. The quantitative estimate of drug-likeness (QED) is 0.901. The standard InChI is InChI=1S/C16H26ClN3/c1-4-14-9-19-16(5-2,6-3)12-20(14)11-13-7-8-18-10-15(13)17/h7-8,10,14,19H,4-6,9,11-12H2,1-3H3. The van der Waals surface area contributed by atoms with Crippen molar-refractivity contribution in [1.82, 2.24) is 15.2 Å². The van der Waals surface area contributed by atoms with Crippen LogP contribution >= 0.6 is 11.6 Å². The first kappa shape index (κ1) is 15.7. The molecule has 0 amide bonds. The van der Waals surface area contributed by atoms with Crippen LogP contribution in [0.4, 0.5) is 0 Å². The highest BCUT2D eigenvalue weighted by Crippen LogP contribution is 2.26. The summed E-state index contributed by atoms with van der Waals surface area (Å²) in [6.07, 6.45) is 7.07. The zero-order valence-corrected chi connectivity index (χ0v) is 13.6. The lowest BCUT2D eigenvalue weighted by Crippen LogP contribution is -2.63. The molecule has 1 aliphatic rings. The lowest BCUT2D eigenvalue weighted by atomic mass is 9.88. The van der Waals surface area contributed by atoms with Crippen LogP contribution < -0.4 is 5.32 Å². The molecule has 0 bridgehead atoms. The molecule has 3 nitrogen and oxygen atoms in total. The number of hydrogen-bond acceptors (Lipinski definition) is 3. The van der Waals surface area contributed by atoms with Crippen molar-refractivity contribution < 1.29 is 0 Å². The number of piperazine rings is 1. The van der Waals surface area contributed by atoms with Crippen LogP contribution in [-0.2, 0) is 6.54 Å². The van der Waals surface area contributed by atoms with E-state index in [9.17, 15) is 0 Å². The summed E-state index contributed by atoms with van der Waals surface area (Å²) in [5.41, 5.74) is 1.44. The van der Waals surface area contributed by atoms with Gasteiger partial charge in [-0.1, -0.05) is 32.4 Å². The monoisotopic (exact) mass is 295 g/mol. The average Bonchev–Trinajstić information content (AvgIpc) is 2.49. The Labute approximate surface area is 127 Å². The van der Waals surface area contributed by atoms with Gasteiger partial charge < -0.3 is 5.32 Å². The highest BCUT2D eigenvalue weighted by Gasteiger charge is 2.36. The van der Waals surface area contributed by atoms with Crippen LogP contribution in [0.25, 0.3) is 0 Å². The SMILES string of the molecule is CCC1CNC(CC)(CC)CN1Cc1ccncc1Cl. The van der Waals surface area contributed by atoms with E-state index in [4.69, 9.17) is 11.6 Å². The number of pyridine rings is 1. The number of halogens is 1. The summed E-state index contributed by atoms with van der Waals surface area (Å²) in [5, 5.41) is 4.55. The van der Waals surface area contributed by atoms with E-state index in [2.05, 4.69) is 36.0 Å². The fourth-order valence-electron chi connectivity index (χ4n) is 3.10. The molecule has 0 aliphatic carbocycles. The lowest BCUT2D eigenvalue weighted by Gasteiger charge is -2.47. The molecule has 1 saturated heterocycles. The van der Waals surface area contributed by atoms with E-state index in [0.29, 0.717) is 6.04 Å². The van der Waals surface area contributed by atoms with Crippen LogP contribution in [0, 0.1) is 0 Å². The molecule has 1 atom stereocenters. The second-order valence-corrected chi connectivity index (χ2v) is 6.21. The summed E-state index contributed by atoms with van der Waals surface area (Å²) >= 11 is 6.27. The molecule has 0 spiro atoms. The van der Waals surface area contributed by atoms with Crippen molar-refractivity contribution in [3.8, 4) is 0 Å². The molecule has 0 radical (unpaired) electrons. The molecular weight excluding hydrogens is 270 g/mol. The van der Waals surface area contributed by atoms with Gasteiger partial charge in [-0.25, -0.2) is 0 Å². The van der Waals surface area contributed by atoms with E-state index in [1.54, 1.807) is 6.20 Å². The van der Waals surface area contributed by atoms with Gasteiger partial charge in [0.1, 0.15) is 0 Å². The minimum Gasteiger partial charge on any atom is -0.308 e. The smallest absolute Gasteiger partial charge is 0.0634 e. The van der Waals surface area contributed by atoms with E-state index in [1.165, 1.54) is 24.8 Å². The topological polar surface area (TPSA) is 28.2 Å². The molecule has 1 aromatic heterocycles. The van der Waals surface area contributed by atoms with Crippen LogP contribution in [0.2, 0.25) is 5.02 Å². The summed E-state index contributed by atoms with van der Waals surface area (Å²) in [6, 6.07) is 2.63. The third kappa shape index (κ3) is 3.33. The van der Waals surface area contributed by atoms with Crippen molar-refractivity contribution in [3.63, 3.8) is 0 Å². The minimum absolute atomic E-state index is 0.255. The molecule has 1 fully saturated rings. The number of aromatic nitrogens is 1. The number of hydrogen-bond donors (Lipinski definition) is 1. The van der Waals surface area contributed by atoms with Gasteiger partial charge in [-0.2, -0.15) is 0 Å². The Morgan fingerprint density at radius 1 is 1.40 bits per heavy atom. The van der Waals surface area contributed by atoms with E-state index in [1.807, 2.05) is 12.3 Å². The zero-order chi connectivity index (χ0) is 14.6. The highest BCUT2D eigenvalue weighted by atomic mass is 35.5. The Morgan fingerprint density at radius 3 is 2.75 bits per heavy atom. The number of nitrogens with zero attached hydrogens (tertiary/aromatic N) is 2. The van der Waals surface area contributed by atoms with Crippen LogP contribution in [0.1, 0.15) is 45.6 Å². The maximum absolute atomic E-state index is 6.27. The maximum atomic E-state index is 6.27. The Morgan fingerprint density at radius 2 is 2.15 bits per heavy atom. The molecule has 2 rings (SSSR count). The summed E-state index contributed by atoms with van der Waals surface area (Å²) in [6.45, 7) is 9.90. The van der Waals surface area contributed by atoms with Gasteiger partial charge in [-0.3, -0.25) is 9.88 Å². The highest BCUT2D eigenvalue weighted by molar-refractivity contribution is 6.31. The predicted octanol–water partition coefficient (Wildman–Crippen LogP) is 3.48. The summed E-state index contributed by atoms with van der Waals surface area (Å²) in [5.74, 6) is 0. The molecule has 112 valence electrons. The van der Waals surface area contributed by atoms with Crippen LogP contribution in [0.3, 0.4) is 0 Å². The van der Waals surface area contributed by atoms with Gasteiger partial charge in [0.25, 0.3) is 0 Å². The van der Waals surface area contributed by atoms with Crippen LogP contribution in [0.5, 0.6) is 0 Å². The summed E-state index contributed by atoms with van der Waals surface area (Å²) < 4.78 is 0. The molecule has 1 aromatic rings. The van der Waals surface area contributed by atoms with Gasteiger partial charge in [0, 0.05) is 43.6 Å². The van der Waals surface area contributed by atoms with Crippen molar-refractivity contribution in [2.24, 2.45) is 0 Å². The lowest BCUT2D eigenvalue weighted by molar-refractivity contribution is 0.0643. The Hall–Kier alpha value is -0.640. The number of rotatable bonds is 5. The second kappa shape index (κ2) is 6.88. The van der Waals surface area contributed by atoms with Crippen molar-refractivity contribution >= 4 is 11.6 Å². The molecule has 20 heavy (non-hydrogen) atoms. The third-order valence-electron chi connectivity index (χ3n) is 4.79. The largest absolute Gasteiger partial charge is 0.308 e. The van der Waals surface area contributed by atoms with Gasteiger partial charge in [0.2, 0.25) is 0 Å². The van der Waals surface area contributed by atoms with Gasteiger partial charge >= 0.3 is 0 Å². The van der Waals surface area contributed by atoms with Crippen molar-refractivity contribution in [1.29, 1.82) is 0 Å². The average molecular weight is 296 g/mol. The first-order valence-corrected chi connectivity index (χ1v) is 8.09. The Balaban J connectivity index is 2.15. The van der Waals surface area contributed by atoms with E-state index in [-0.39, 0.29) is 5.54 Å². The Bertz CT molecular complexity index is 431. The van der Waals surface area contributed by atoms with Gasteiger partial charge in [0.05, 0.1) is 5.02 Å². The summed E-state index contributed by atoms with van der Waals surface area (Å²) in [7, 11) is 0. The first-order valence-electron chi connectivity index (χ1n) is 7.71. The Kier molecular flexibility index (Phi) is 5.42. The van der Waals surface area contributed by atoms with Crippen LogP contribution in [-0.4, -0.2) is 34.6 Å². The normalized spacial score (nSPS) is 22.9. The van der Waals surface area contributed by atoms with Gasteiger partial charge in [0.15, 0.2) is 0 Å². The van der Waals surface area contributed by atoms with E-state index < -0.39 is 0 Å². The van der Waals surface area contributed by atoms with Crippen molar-refractivity contribution in [2.75, 3.05) is 13.1 Å². The van der Waals surface area contributed by atoms with Crippen LogP contribution in [0.15, 0.2) is 18.5 Å². The van der Waals surface area contributed by atoms with Crippen molar-refractivity contribution in [2.45, 2.75) is 58.2 Å². The first-order chi connectivity index (χ1) is 9.64. The second-order valence-electron chi connectivity index (χ2n) is 5.80. The summed E-state index contributed by atoms with van der Waals surface area (Å²) in [4.78, 5) is 6.66. The molecule has 0 saturated carbocycles. The fourth-order valence-corrected chi connectivity index (χ4v) is 3.28. The molecule has 4 heteroatoms. The molecular formula is C16H26ClN3. The maximum Gasteiger partial charge on any atom is 0.0634 e. The molecule has 1 N–H and O–H groups in total. The number of nitrogens with one attached hydrogen (secondary N) is 1. The van der Waals surface area contributed by atoms with E-state index in [0.717, 1.165) is 24.7 Å². The minimum atomic E-state index is 0.255. The molecule has 1 aliphatic heterocycles. The zero-order valence-electron chi connectivity index (χ0n) is 12.8. The van der Waals surface area contributed by atoms with Gasteiger partial charge in [-0.05, 0) is 30.9 Å². The molecule has 2 heterocycles. The predicted molar refractivity (Wildman–Crippen MR) is 85.1 cm³/mol. The van der Waals surface area contributed by atoms with Crippen molar-refractivity contribution in [3.05, 3.63) is 29.0 Å².